The Morgan fingerprint density at radius 1 is 1.06 bits per heavy atom. The number of thioether (sulfide) groups is 1. The molecule has 1 aromatic heterocycles. The van der Waals surface area contributed by atoms with Crippen LogP contribution in [0, 0.1) is 5.92 Å². The van der Waals surface area contributed by atoms with E-state index in [0.717, 1.165) is 12.8 Å². The largest absolute Gasteiger partial charge is 0.200 e. The van der Waals surface area contributed by atoms with E-state index in [1.165, 1.54) is 62.7 Å². The summed E-state index contributed by atoms with van der Waals surface area (Å²) in [5.41, 5.74) is 7.58. The fourth-order valence-corrected chi connectivity index (χ4v) is 8.68. The maximum Gasteiger partial charge on any atom is 0.153 e. The van der Waals surface area contributed by atoms with Crippen LogP contribution in [0.15, 0.2) is 59.8 Å². The van der Waals surface area contributed by atoms with E-state index < -0.39 is 0 Å². The van der Waals surface area contributed by atoms with Crippen molar-refractivity contribution in [1.29, 1.82) is 0 Å². The summed E-state index contributed by atoms with van der Waals surface area (Å²) in [6, 6.07) is 14.2. The van der Waals surface area contributed by atoms with Crippen LogP contribution in [0.2, 0.25) is 0 Å². The van der Waals surface area contributed by atoms with Crippen LogP contribution in [0.3, 0.4) is 0 Å². The Hall–Kier alpha value is -1.84. The fourth-order valence-electron chi connectivity index (χ4n) is 6.47. The second-order valence-corrected chi connectivity index (χ2v) is 12.5. The number of fused-ring (bicyclic) bond motifs is 9. The number of aryl methyl sites for hydroxylation is 4. The third kappa shape index (κ3) is 2.72. The Bertz CT molecular complexity index is 1300. The number of thiophene rings is 1. The summed E-state index contributed by atoms with van der Waals surface area (Å²) in [4.78, 5) is 1.49. The lowest BCUT2D eigenvalue weighted by Gasteiger charge is -2.49. The molecule has 0 bridgehead atoms. The Kier molecular flexibility index (Phi) is 3.97. The molecular formula is C28H25FS2. The van der Waals surface area contributed by atoms with Crippen molar-refractivity contribution in [1.82, 2.24) is 0 Å². The normalized spacial score (nSPS) is 29.9. The predicted octanol–water partition coefficient (Wildman–Crippen LogP) is 7.86. The van der Waals surface area contributed by atoms with Crippen molar-refractivity contribution in [2.75, 3.05) is 0 Å². The Morgan fingerprint density at radius 2 is 1.97 bits per heavy atom. The first-order chi connectivity index (χ1) is 15.1. The summed E-state index contributed by atoms with van der Waals surface area (Å²) < 4.78 is 15.4. The molecule has 31 heavy (non-hydrogen) atoms. The van der Waals surface area contributed by atoms with E-state index in [1.807, 2.05) is 17.4 Å². The SMILES string of the molecule is CC12C=CC3c4c(ccc5sc(CCc6ccc7c(c6)CCC7)cc45)C3C1C=C(F)S2. The van der Waals surface area contributed by atoms with Crippen LogP contribution >= 0.6 is 23.1 Å². The van der Waals surface area contributed by atoms with Crippen molar-refractivity contribution in [2.24, 2.45) is 5.92 Å². The Balaban J connectivity index is 1.19. The van der Waals surface area contributed by atoms with Gasteiger partial charge in [0.1, 0.15) is 0 Å². The summed E-state index contributed by atoms with van der Waals surface area (Å²) in [5.74, 6) is 1.15. The molecule has 4 atom stereocenters. The highest BCUT2D eigenvalue weighted by Gasteiger charge is 2.53. The highest BCUT2D eigenvalue weighted by molar-refractivity contribution is 8.04. The van der Waals surface area contributed by atoms with Gasteiger partial charge < -0.3 is 0 Å². The maximum atomic E-state index is 14.1. The van der Waals surface area contributed by atoms with Crippen LogP contribution in [0.5, 0.6) is 0 Å². The molecule has 7 rings (SSSR count). The van der Waals surface area contributed by atoms with Crippen molar-refractivity contribution in [3.63, 3.8) is 0 Å². The lowest BCUT2D eigenvalue weighted by molar-refractivity contribution is 0.366. The lowest BCUT2D eigenvalue weighted by Crippen LogP contribution is -2.40. The second-order valence-electron chi connectivity index (χ2n) is 9.84. The van der Waals surface area contributed by atoms with Crippen LogP contribution in [-0.4, -0.2) is 4.75 Å². The molecule has 2 aromatic carbocycles. The monoisotopic (exact) mass is 444 g/mol. The quantitative estimate of drug-likeness (QED) is 0.371. The first-order valence-electron chi connectivity index (χ1n) is 11.5. The lowest BCUT2D eigenvalue weighted by atomic mass is 9.56. The van der Waals surface area contributed by atoms with Gasteiger partial charge in [-0.1, -0.05) is 48.2 Å². The number of hydrogen-bond donors (Lipinski definition) is 0. The summed E-state index contributed by atoms with van der Waals surface area (Å²) in [7, 11) is 0. The van der Waals surface area contributed by atoms with Gasteiger partial charge in [0.2, 0.25) is 0 Å². The molecule has 0 spiro atoms. The summed E-state index contributed by atoms with van der Waals surface area (Å²) in [6.45, 7) is 2.19. The molecule has 0 saturated carbocycles. The zero-order valence-corrected chi connectivity index (χ0v) is 19.3. The molecule has 0 nitrogen and oxygen atoms in total. The third-order valence-corrected chi connectivity index (χ3v) is 10.4. The molecule has 156 valence electrons. The minimum absolute atomic E-state index is 0.00305. The van der Waals surface area contributed by atoms with Gasteiger partial charge in [0.15, 0.2) is 5.16 Å². The van der Waals surface area contributed by atoms with Crippen LogP contribution < -0.4 is 0 Å². The molecule has 1 aliphatic heterocycles. The molecule has 4 aliphatic rings. The number of rotatable bonds is 3. The summed E-state index contributed by atoms with van der Waals surface area (Å²) >= 11 is 3.35. The van der Waals surface area contributed by atoms with Gasteiger partial charge in [-0.3, -0.25) is 0 Å². The summed E-state index contributed by atoms with van der Waals surface area (Å²) in [6.07, 6.45) is 12.6. The van der Waals surface area contributed by atoms with E-state index in [1.54, 1.807) is 11.1 Å². The fraction of sp³-hybridized carbons (Fsp3) is 0.357. The zero-order chi connectivity index (χ0) is 20.7. The number of hydrogen-bond acceptors (Lipinski definition) is 2. The molecule has 3 aliphatic carbocycles. The van der Waals surface area contributed by atoms with E-state index in [0.29, 0.717) is 11.8 Å². The molecule has 0 fully saturated rings. The molecule has 3 aromatic rings. The van der Waals surface area contributed by atoms with Gasteiger partial charge in [0, 0.05) is 32.1 Å². The van der Waals surface area contributed by atoms with Gasteiger partial charge in [0.05, 0.1) is 0 Å². The molecule has 3 heteroatoms. The van der Waals surface area contributed by atoms with Crippen LogP contribution in [-0.2, 0) is 25.7 Å². The molecule has 4 unspecified atom stereocenters. The standard InChI is InChI=1S/C28H25FS2/c1-28-12-11-21-26-20(27(21)23(28)15-25(29)31-28)9-10-24-22(26)14-19(30-24)8-6-16-5-7-17-3-2-4-18(17)13-16/h5,7,9-15,21,23,27H,2-4,6,8H2,1H3. The van der Waals surface area contributed by atoms with Crippen molar-refractivity contribution >= 4 is 33.2 Å². The van der Waals surface area contributed by atoms with Crippen LogP contribution in [0.25, 0.3) is 10.1 Å². The molecule has 0 saturated heterocycles. The highest BCUT2D eigenvalue weighted by Crippen LogP contribution is 2.65. The van der Waals surface area contributed by atoms with E-state index in [9.17, 15) is 4.39 Å². The van der Waals surface area contributed by atoms with E-state index in [2.05, 4.69) is 55.5 Å². The van der Waals surface area contributed by atoms with E-state index >= 15 is 0 Å². The maximum absolute atomic E-state index is 14.1. The van der Waals surface area contributed by atoms with Gasteiger partial charge in [-0.05, 0) is 90.4 Å². The van der Waals surface area contributed by atoms with Crippen LogP contribution in [0.4, 0.5) is 4.39 Å². The number of halogens is 1. The molecule has 0 radical (unpaired) electrons. The third-order valence-electron chi connectivity index (χ3n) is 8.04. The van der Waals surface area contributed by atoms with E-state index in [4.69, 9.17) is 0 Å². The first-order valence-corrected chi connectivity index (χ1v) is 13.1. The molecule has 0 N–H and O–H groups in total. The zero-order valence-electron chi connectivity index (χ0n) is 17.7. The number of allylic oxidation sites excluding steroid dienone is 2. The van der Waals surface area contributed by atoms with Crippen LogP contribution in [0.1, 0.15) is 57.9 Å². The minimum Gasteiger partial charge on any atom is -0.200 e. The van der Waals surface area contributed by atoms with Gasteiger partial charge >= 0.3 is 0 Å². The summed E-state index contributed by atoms with van der Waals surface area (Å²) in [5, 5.41) is 1.44. The molecule has 0 amide bonds. The van der Waals surface area contributed by atoms with Gasteiger partial charge in [0.25, 0.3) is 0 Å². The highest BCUT2D eigenvalue weighted by atomic mass is 32.2. The Morgan fingerprint density at radius 3 is 2.90 bits per heavy atom. The van der Waals surface area contributed by atoms with Crippen molar-refractivity contribution in [2.45, 2.75) is 55.6 Å². The topological polar surface area (TPSA) is 0 Å². The average molecular weight is 445 g/mol. The predicted molar refractivity (Wildman–Crippen MR) is 131 cm³/mol. The minimum atomic E-state index is -0.117. The van der Waals surface area contributed by atoms with Gasteiger partial charge in [-0.15, -0.1) is 11.3 Å². The molecular weight excluding hydrogens is 419 g/mol. The Labute approximate surface area is 191 Å². The van der Waals surface area contributed by atoms with Crippen molar-refractivity contribution in [3.05, 3.63) is 92.5 Å². The van der Waals surface area contributed by atoms with Gasteiger partial charge in [-0.2, -0.15) is 4.39 Å². The van der Waals surface area contributed by atoms with E-state index in [-0.39, 0.29) is 15.8 Å². The van der Waals surface area contributed by atoms with Crippen molar-refractivity contribution < 1.29 is 4.39 Å². The van der Waals surface area contributed by atoms with Crippen molar-refractivity contribution in [3.8, 4) is 0 Å². The average Bonchev–Trinajstić information content (AvgIpc) is 3.43. The second kappa shape index (κ2) is 6.59. The first kappa shape index (κ1) is 18.7. The smallest absolute Gasteiger partial charge is 0.153 e. The molecule has 2 heterocycles. The number of benzene rings is 2. The van der Waals surface area contributed by atoms with Gasteiger partial charge in [-0.25, -0.2) is 0 Å².